The highest BCUT2D eigenvalue weighted by Crippen LogP contribution is 2.34. The van der Waals surface area contributed by atoms with Crippen molar-refractivity contribution in [1.29, 1.82) is 0 Å². The molecule has 140 valence electrons. The number of fused-ring (bicyclic) bond motifs is 1. The van der Waals surface area contributed by atoms with Crippen LogP contribution < -0.4 is 10.6 Å². The highest BCUT2D eigenvalue weighted by atomic mass is 32.2. The van der Waals surface area contributed by atoms with E-state index < -0.39 is 0 Å². The Morgan fingerprint density at radius 2 is 1.89 bits per heavy atom. The van der Waals surface area contributed by atoms with Crippen molar-refractivity contribution >= 4 is 56.5 Å². The first-order valence-electron chi connectivity index (χ1n) is 8.36. The van der Waals surface area contributed by atoms with Gasteiger partial charge in [-0.25, -0.2) is 9.97 Å². The van der Waals surface area contributed by atoms with Gasteiger partial charge >= 0.3 is 0 Å². The summed E-state index contributed by atoms with van der Waals surface area (Å²) in [5.41, 5.74) is 3.32. The van der Waals surface area contributed by atoms with Crippen LogP contribution in [0.5, 0.6) is 0 Å². The van der Waals surface area contributed by atoms with E-state index in [2.05, 4.69) is 27.5 Å². The average molecular weight is 401 g/mol. The fourth-order valence-electron chi connectivity index (χ4n) is 2.64. The Morgan fingerprint density at radius 3 is 2.63 bits per heavy atom. The summed E-state index contributed by atoms with van der Waals surface area (Å²) in [4.78, 5) is 34.7. The molecule has 0 aliphatic rings. The molecule has 0 aliphatic carbocycles. The first kappa shape index (κ1) is 19.3. The van der Waals surface area contributed by atoms with Crippen molar-refractivity contribution in [3.05, 3.63) is 40.5 Å². The Hall–Kier alpha value is -2.45. The first-order chi connectivity index (χ1) is 12.8. The van der Waals surface area contributed by atoms with E-state index in [0.717, 1.165) is 26.4 Å². The average Bonchev–Trinajstić information content (AvgIpc) is 2.90. The molecule has 0 atom stereocenters. The van der Waals surface area contributed by atoms with E-state index in [9.17, 15) is 9.59 Å². The number of hydrogen-bond donors (Lipinski definition) is 2. The molecule has 1 aromatic carbocycles. The number of thiophene rings is 1. The number of aromatic nitrogens is 2. The van der Waals surface area contributed by atoms with Gasteiger partial charge < -0.3 is 10.6 Å². The van der Waals surface area contributed by atoms with Gasteiger partial charge in [0.25, 0.3) is 0 Å². The van der Waals surface area contributed by atoms with Gasteiger partial charge in [0.2, 0.25) is 11.8 Å². The topological polar surface area (TPSA) is 84.0 Å². The zero-order valence-electron chi connectivity index (χ0n) is 15.5. The number of benzene rings is 1. The van der Waals surface area contributed by atoms with Crippen LogP contribution in [0.3, 0.4) is 0 Å². The van der Waals surface area contributed by atoms with Crippen molar-refractivity contribution in [1.82, 2.24) is 9.97 Å². The lowest BCUT2D eigenvalue weighted by atomic mass is 10.2. The maximum absolute atomic E-state index is 12.5. The maximum atomic E-state index is 12.5. The lowest BCUT2D eigenvalue weighted by Crippen LogP contribution is -2.17. The van der Waals surface area contributed by atoms with Gasteiger partial charge in [-0.05, 0) is 44.0 Å². The first-order valence-corrected chi connectivity index (χ1v) is 10.2. The van der Waals surface area contributed by atoms with Crippen molar-refractivity contribution < 1.29 is 9.59 Å². The van der Waals surface area contributed by atoms with Gasteiger partial charge in [0, 0.05) is 17.2 Å². The molecule has 8 heteroatoms. The molecular weight excluding hydrogens is 380 g/mol. The number of anilines is 2. The predicted molar refractivity (Wildman–Crippen MR) is 112 cm³/mol. The molecule has 2 N–H and O–H groups in total. The van der Waals surface area contributed by atoms with Crippen LogP contribution in [0.15, 0.2) is 29.6 Å². The van der Waals surface area contributed by atoms with Crippen LogP contribution in [0, 0.1) is 20.8 Å². The Labute approximate surface area is 165 Å². The molecule has 0 aliphatic heterocycles. The molecule has 2 heterocycles. The molecule has 0 saturated heterocycles. The van der Waals surface area contributed by atoms with Gasteiger partial charge in [0.15, 0.2) is 0 Å². The number of carbonyl (C=O) groups is 2. The molecule has 0 spiro atoms. The van der Waals surface area contributed by atoms with Crippen molar-refractivity contribution in [2.24, 2.45) is 0 Å². The Morgan fingerprint density at radius 1 is 1.11 bits per heavy atom. The van der Waals surface area contributed by atoms with E-state index in [1.165, 1.54) is 29.9 Å². The van der Waals surface area contributed by atoms with Crippen LogP contribution >= 0.6 is 23.1 Å². The summed E-state index contributed by atoms with van der Waals surface area (Å²) in [5, 5.41) is 7.44. The summed E-state index contributed by atoms with van der Waals surface area (Å²) in [6, 6.07) is 5.50. The van der Waals surface area contributed by atoms with Crippen LogP contribution in [-0.2, 0) is 9.59 Å². The van der Waals surface area contributed by atoms with E-state index in [1.807, 2.05) is 26.0 Å². The molecule has 0 fully saturated rings. The van der Waals surface area contributed by atoms with E-state index in [4.69, 9.17) is 0 Å². The number of carbonyl (C=O) groups excluding carboxylic acids is 2. The lowest BCUT2D eigenvalue weighted by Gasteiger charge is -2.12. The number of nitrogens with one attached hydrogen (secondary N) is 2. The third-order valence-corrected chi connectivity index (χ3v) is 6.14. The quantitative estimate of drug-likeness (QED) is 0.493. The molecular formula is C19H20N4O2S2. The fourth-order valence-corrected chi connectivity index (χ4v) is 4.56. The van der Waals surface area contributed by atoms with E-state index in [-0.39, 0.29) is 17.6 Å². The van der Waals surface area contributed by atoms with Crippen LogP contribution in [0.4, 0.5) is 11.4 Å². The third-order valence-electron chi connectivity index (χ3n) is 4.03. The molecule has 2 amide bonds. The molecule has 0 bridgehead atoms. The van der Waals surface area contributed by atoms with Gasteiger partial charge in [-0.15, -0.1) is 11.3 Å². The molecule has 27 heavy (non-hydrogen) atoms. The molecule has 3 rings (SSSR count). The number of hydrogen-bond acceptors (Lipinski definition) is 6. The lowest BCUT2D eigenvalue weighted by molar-refractivity contribution is -0.115. The normalized spacial score (nSPS) is 10.8. The summed E-state index contributed by atoms with van der Waals surface area (Å²) < 4.78 is 0. The van der Waals surface area contributed by atoms with Gasteiger partial charge in [0.05, 0.1) is 17.1 Å². The summed E-state index contributed by atoms with van der Waals surface area (Å²) in [6.45, 7) is 7.48. The van der Waals surface area contributed by atoms with Gasteiger partial charge in [-0.2, -0.15) is 0 Å². The van der Waals surface area contributed by atoms with Crippen LogP contribution in [0.2, 0.25) is 0 Å². The number of amides is 2. The highest BCUT2D eigenvalue weighted by molar-refractivity contribution is 8.00. The third kappa shape index (κ3) is 4.45. The second-order valence-corrected chi connectivity index (χ2v) is 8.38. The summed E-state index contributed by atoms with van der Waals surface area (Å²) in [6.07, 6.45) is 1.54. The maximum Gasteiger partial charge on any atom is 0.234 e. The number of aryl methyl sites for hydroxylation is 3. The van der Waals surface area contributed by atoms with Gasteiger partial charge in [0.1, 0.15) is 16.2 Å². The summed E-state index contributed by atoms with van der Waals surface area (Å²) >= 11 is 3.02. The Balaban J connectivity index is 1.74. The minimum atomic E-state index is -0.185. The summed E-state index contributed by atoms with van der Waals surface area (Å²) in [5.74, 6) is -0.127. The molecule has 0 radical (unpaired) electrons. The SMILES string of the molecule is CC(=O)Nc1ccc(C)cc1NC(=O)CSc1ncnc2sc(C)c(C)c12. The monoisotopic (exact) mass is 400 g/mol. The molecule has 6 nitrogen and oxygen atoms in total. The zero-order valence-corrected chi connectivity index (χ0v) is 17.2. The number of rotatable bonds is 5. The van der Waals surface area contributed by atoms with Crippen LogP contribution in [0.25, 0.3) is 10.2 Å². The zero-order chi connectivity index (χ0) is 19.6. The predicted octanol–water partition coefficient (Wildman–Crippen LogP) is 4.31. The standard InChI is InChI=1S/C19H20N4O2S2/c1-10-5-6-14(22-13(4)24)15(7-10)23-16(25)8-26-18-17-11(2)12(3)27-19(17)21-9-20-18/h5-7,9H,8H2,1-4H3,(H,22,24)(H,23,25). The minimum absolute atomic E-state index is 0.159. The molecule has 3 aromatic rings. The van der Waals surface area contributed by atoms with Crippen LogP contribution in [0.1, 0.15) is 22.9 Å². The molecule has 0 saturated carbocycles. The highest BCUT2D eigenvalue weighted by Gasteiger charge is 2.14. The van der Waals surface area contributed by atoms with Crippen molar-refractivity contribution in [2.75, 3.05) is 16.4 Å². The molecule has 2 aromatic heterocycles. The molecule has 0 unspecified atom stereocenters. The fraction of sp³-hybridized carbons (Fsp3) is 0.263. The van der Waals surface area contributed by atoms with E-state index >= 15 is 0 Å². The van der Waals surface area contributed by atoms with Crippen molar-refractivity contribution in [3.63, 3.8) is 0 Å². The summed E-state index contributed by atoms with van der Waals surface area (Å²) in [7, 11) is 0. The van der Waals surface area contributed by atoms with Crippen molar-refractivity contribution in [2.45, 2.75) is 32.7 Å². The number of nitrogens with zero attached hydrogens (tertiary/aromatic N) is 2. The largest absolute Gasteiger partial charge is 0.325 e. The minimum Gasteiger partial charge on any atom is -0.325 e. The van der Waals surface area contributed by atoms with Gasteiger partial charge in [-0.3, -0.25) is 9.59 Å². The Kier molecular flexibility index (Phi) is 5.76. The van der Waals surface area contributed by atoms with Crippen molar-refractivity contribution in [3.8, 4) is 0 Å². The smallest absolute Gasteiger partial charge is 0.234 e. The second-order valence-electron chi connectivity index (χ2n) is 6.21. The van der Waals surface area contributed by atoms with Crippen LogP contribution in [-0.4, -0.2) is 27.5 Å². The van der Waals surface area contributed by atoms with E-state index in [1.54, 1.807) is 17.4 Å². The van der Waals surface area contributed by atoms with Gasteiger partial charge in [-0.1, -0.05) is 17.8 Å². The Bertz CT molecular complexity index is 1030. The number of thioether (sulfide) groups is 1. The second kappa shape index (κ2) is 8.06. The van der Waals surface area contributed by atoms with E-state index in [0.29, 0.717) is 11.4 Å².